The highest BCUT2D eigenvalue weighted by Crippen LogP contribution is 2.49. The summed E-state index contributed by atoms with van der Waals surface area (Å²) in [4.78, 5) is 36.0. The van der Waals surface area contributed by atoms with Gasteiger partial charge in [0.1, 0.15) is 0 Å². The highest BCUT2D eigenvalue weighted by Gasteiger charge is 2.40. The number of hydrogen-bond donors (Lipinski definition) is 2. The van der Waals surface area contributed by atoms with Crippen molar-refractivity contribution in [1.82, 2.24) is 5.32 Å². The normalized spacial score (nSPS) is 21.7. The molecule has 8 heteroatoms. The molecule has 30 heavy (non-hydrogen) atoms. The first-order valence-electron chi connectivity index (χ1n) is 10.6. The van der Waals surface area contributed by atoms with E-state index < -0.39 is 18.5 Å². The second-order valence-electron chi connectivity index (χ2n) is 7.83. The van der Waals surface area contributed by atoms with E-state index in [2.05, 4.69) is 10.6 Å². The predicted molar refractivity (Wildman–Crippen MR) is 110 cm³/mol. The van der Waals surface area contributed by atoms with Gasteiger partial charge in [-0.25, -0.2) is 4.79 Å². The Bertz CT molecular complexity index is 781. The SMILES string of the molecule is CCOc1ccc(NC(=O)NC(=O)COC(=O)C[C@@H]2C[C@@H]3CC[C@@H]2C3)cc1OCC. The fourth-order valence-electron chi connectivity index (χ4n) is 4.50. The maximum absolute atomic E-state index is 12.1. The maximum Gasteiger partial charge on any atom is 0.325 e. The predicted octanol–water partition coefficient (Wildman–Crippen LogP) is 3.50. The Labute approximate surface area is 176 Å². The second-order valence-corrected chi connectivity index (χ2v) is 7.83. The van der Waals surface area contributed by atoms with Crippen LogP contribution < -0.4 is 20.1 Å². The number of amides is 3. The molecule has 2 N–H and O–H groups in total. The molecule has 2 fully saturated rings. The van der Waals surface area contributed by atoms with Gasteiger partial charge in [-0.05, 0) is 63.0 Å². The van der Waals surface area contributed by atoms with Gasteiger partial charge >= 0.3 is 12.0 Å². The van der Waals surface area contributed by atoms with Crippen molar-refractivity contribution in [3.8, 4) is 11.5 Å². The van der Waals surface area contributed by atoms with E-state index >= 15 is 0 Å². The van der Waals surface area contributed by atoms with Crippen LogP contribution in [0, 0.1) is 17.8 Å². The van der Waals surface area contributed by atoms with Crippen molar-refractivity contribution >= 4 is 23.6 Å². The minimum absolute atomic E-state index is 0.354. The highest BCUT2D eigenvalue weighted by atomic mass is 16.5. The molecule has 1 aromatic rings. The monoisotopic (exact) mass is 418 g/mol. The van der Waals surface area contributed by atoms with E-state index in [4.69, 9.17) is 14.2 Å². The number of rotatable bonds is 9. The van der Waals surface area contributed by atoms with Crippen molar-refractivity contribution in [1.29, 1.82) is 0 Å². The Kier molecular flexibility index (Phi) is 7.54. The van der Waals surface area contributed by atoms with Gasteiger partial charge in [0.15, 0.2) is 18.1 Å². The number of esters is 1. The lowest BCUT2D eigenvalue weighted by Gasteiger charge is -2.20. The number of hydrogen-bond acceptors (Lipinski definition) is 6. The number of urea groups is 1. The third kappa shape index (κ3) is 5.87. The van der Waals surface area contributed by atoms with Gasteiger partial charge in [0.05, 0.1) is 13.2 Å². The number of benzene rings is 1. The Balaban J connectivity index is 1.41. The number of fused-ring (bicyclic) bond motifs is 2. The lowest BCUT2D eigenvalue weighted by atomic mass is 9.86. The molecule has 0 spiro atoms. The molecule has 2 aliphatic rings. The van der Waals surface area contributed by atoms with E-state index in [0.29, 0.717) is 48.7 Å². The zero-order valence-electron chi connectivity index (χ0n) is 17.6. The van der Waals surface area contributed by atoms with Crippen LogP contribution in [0.5, 0.6) is 11.5 Å². The first-order valence-corrected chi connectivity index (χ1v) is 10.6. The largest absolute Gasteiger partial charge is 0.490 e. The van der Waals surface area contributed by atoms with Gasteiger partial charge in [-0.2, -0.15) is 0 Å². The maximum atomic E-state index is 12.1. The zero-order valence-corrected chi connectivity index (χ0v) is 17.6. The van der Waals surface area contributed by atoms with Crippen LogP contribution in [0.3, 0.4) is 0 Å². The molecule has 8 nitrogen and oxygen atoms in total. The molecule has 0 radical (unpaired) electrons. The summed E-state index contributed by atoms with van der Waals surface area (Å²) in [6.45, 7) is 4.18. The molecule has 1 aromatic carbocycles. The van der Waals surface area contributed by atoms with Crippen molar-refractivity contribution in [3.05, 3.63) is 18.2 Å². The standard InChI is InChI=1S/C22H30N2O6/c1-3-28-18-8-7-17(12-19(18)29-4-2)23-22(27)24-20(25)13-30-21(26)11-16-10-14-5-6-15(16)9-14/h7-8,12,14-16H,3-6,9-11,13H2,1-2H3,(H2,23,24,25,27)/t14-,15-,16+/m1/s1. The smallest absolute Gasteiger partial charge is 0.325 e. The first kappa shape index (κ1) is 21.9. The topological polar surface area (TPSA) is 103 Å². The van der Waals surface area contributed by atoms with Gasteiger partial charge in [-0.1, -0.05) is 6.42 Å². The van der Waals surface area contributed by atoms with E-state index in [9.17, 15) is 14.4 Å². The van der Waals surface area contributed by atoms with Crippen LogP contribution in [0.4, 0.5) is 10.5 Å². The van der Waals surface area contributed by atoms with Gasteiger partial charge in [-0.3, -0.25) is 14.9 Å². The van der Waals surface area contributed by atoms with Crippen LogP contribution in [0.25, 0.3) is 0 Å². The second kappa shape index (κ2) is 10.3. The molecule has 0 unspecified atom stereocenters. The van der Waals surface area contributed by atoms with Crippen molar-refractivity contribution in [2.24, 2.45) is 17.8 Å². The van der Waals surface area contributed by atoms with Gasteiger partial charge in [0.2, 0.25) is 0 Å². The van der Waals surface area contributed by atoms with E-state index in [1.807, 2.05) is 13.8 Å². The summed E-state index contributed by atoms with van der Waals surface area (Å²) in [6.07, 6.45) is 5.12. The molecular weight excluding hydrogens is 388 g/mol. The Morgan fingerprint density at radius 3 is 2.47 bits per heavy atom. The molecule has 2 saturated carbocycles. The molecule has 3 amide bonds. The van der Waals surface area contributed by atoms with Gasteiger partial charge in [0.25, 0.3) is 5.91 Å². The van der Waals surface area contributed by atoms with Crippen LogP contribution in [-0.4, -0.2) is 37.7 Å². The summed E-state index contributed by atoms with van der Waals surface area (Å²) >= 11 is 0. The fraction of sp³-hybridized carbons (Fsp3) is 0.591. The molecule has 2 aliphatic carbocycles. The summed E-state index contributed by atoms with van der Waals surface area (Å²) in [5.41, 5.74) is 0.445. The molecule has 0 aromatic heterocycles. The summed E-state index contributed by atoms with van der Waals surface area (Å²) in [6, 6.07) is 4.24. The van der Waals surface area contributed by atoms with E-state index in [1.165, 1.54) is 19.3 Å². The number of ether oxygens (including phenoxy) is 3. The molecule has 3 atom stereocenters. The summed E-state index contributed by atoms with van der Waals surface area (Å²) in [5.74, 6) is 1.77. The van der Waals surface area contributed by atoms with Crippen LogP contribution in [-0.2, 0) is 14.3 Å². The quantitative estimate of drug-likeness (QED) is 0.595. The zero-order chi connectivity index (χ0) is 21.5. The number of carbonyl (C=O) groups is 3. The van der Waals surface area contributed by atoms with Crippen LogP contribution >= 0.6 is 0 Å². The van der Waals surface area contributed by atoms with E-state index in [-0.39, 0.29) is 5.97 Å². The average molecular weight is 418 g/mol. The first-order chi connectivity index (χ1) is 14.5. The van der Waals surface area contributed by atoms with Gasteiger partial charge in [-0.15, -0.1) is 0 Å². The third-order valence-electron chi connectivity index (χ3n) is 5.73. The molecule has 0 heterocycles. The molecule has 164 valence electrons. The number of nitrogens with one attached hydrogen (secondary N) is 2. The Morgan fingerprint density at radius 1 is 1.03 bits per heavy atom. The molecule has 2 bridgehead atoms. The summed E-state index contributed by atoms with van der Waals surface area (Å²) in [5, 5.41) is 4.72. The number of carbonyl (C=O) groups excluding carboxylic acids is 3. The lowest BCUT2D eigenvalue weighted by Crippen LogP contribution is -2.37. The summed E-state index contributed by atoms with van der Waals surface area (Å²) in [7, 11) is 0. The summed E-state index contributed by atoms with van der Waals surface area (Å²) < 4.78 is 16.0. The van der Waals surface area contributed by atoms with Crippen LogP contribution in [0.15, 0.2) is 18.2 Å². The van der Waals surface area contributed by atoms with Crippen LogP contribution in [0.2, 0.25) is 0 Å². The molecular formula is C22H30N2O6. The van der Waals surface area contributed by atoms with E-state index in [1.54, 1.807) is 18.2 Å². The highest BCUT2D eigenvalue weighted by molar-refractivity contribution is 6.02. The van der Waals surface area contributed by atoms with Gasteiger partial charge < -0.3 is 19.5 Å². The van der Waals surface area contributed by atoms with E-state index in [0.717, 1.165) is 12.3 Å². The molecule has 0 saturated heterocycles. The number of imide groups is 1. The van der Waals surface area contributed by atoms with Crippen molar-refractivity contribution in [2.75, 3.05) is 25.1 Å². The molecule has 3 rings (SSSR count). The lowest BCUT2D eigenvalue weighted by molar-refractivity contribution is -0.149. The van der Waals surface area contributed by atoms with Crippen molar-refractivity contribution < 1.29 is 28.6 Å². The Hall–Kier alpha value is -2.77. The van der Waals surface area contributed by atoms with Crippen molar-refractivity contribution in [3.63, 3.8) is 0 Å². The minimum Gasteiger partial charge on any atom is -0.490 e. The average Bonchev–Trinajstić information content (AvgIpc) is 3.32. The van der Waals surface area contributed by atoms with Gasteiger partial charge in [0, 0.05) is 18.2 Å². The van der Waals surface area contributed by atoms with Crippen LogP contribution in [0.1, 0.15) is 46.0 Å². The number of anilines is 1. The molecule has 0 aliphatic heterocycles. The minimum atomic E-state index is -0.712. The fourth-order valence-corrected chi connectivity index (χ4v) is 4.50. The Morgan fingerprint density at radius 2 is 1.80 bits per heavy atom. The van der Waals surface area contributed by atoms with Crippen molar-refractivity contribution in [2.45, 2.75) is 46.0 Å². The third-order valence-corrected chi connectivity index (χ3v) is 5.73.